The second kappa shape index (κ2) is 8.53. The van der Waals surface area contributed by atoms with Crippen LogP contribution in [0.15, 0.2) is 0 Å². The summed E-state index contributed by atoms with van der Waals surface area (Å²) in [7, 11) is 0. The van der Waals surface area contributed by atoms with Gasteiger partial charge >= 0.3 is 0 Å². The van der Waals surface area contributed by atoms with Gasteiger partial charge in [-0.1, -0.05) is 19.8 Å². The molecular weight excluding hydrogens is 266 g/mol. The maximum atomic E-state index is 11.2. The zero-order valence-corrected chi connectivity index (χ0v) is 12.0. The molecule has 0 bridgehead atoms. The fourth-order valence-corrected chi connectivity index (χ4v) is 2.16. The molecule has 1 fully saturated rings. The van der Waals surface area contributed by atoms with Crippen LogP contribution in [0.3, 0.4) is 0 Å². The van der Waals surface area contributed by atoms with E-state index < -0.39 is 37.3 Å². The van der Waals surface area contributed by atoms with Crippen molar-refractivity contribution in [2.45, 2.75) is 63.8 Å². The van der Waals surface area contributed by atoms with Crippen LogP contribution in [0.1, 0.15) is 33.1 Å². The first kappa shape index (κ1) is 17.3. The Labute approximate surface area is 118 Å². The fourth-order valence-electron chi connectivity index (χ4n) is 2.16. The number of nitrogens with one attached hydrogen (secondary N) is 1. The van der Waals surface area contributed by atoms with Gasteiger partial charge in [-0.15, -0.1) is 0 Å². The quantitative estimate of drug-likeness (QED) is 0.454. The number of aliphatic hydroxyl groups excluding tert-OH is 3. The number of carbonyl (C=O) groups is 1. The van der Waals surface area contributed by atoms with Crippen LogP contribution in [0, 0.1) is 0 Å². The zero-order valence-electron chi connectivity index (χ0n) is 12.0. The Morgan fingerprint density at radius 3 is 2.55 bits per heavy atom. The number of rotatable bonds is 7. The summed E-state index contributed by atoms with van der Waals surface area (Å²) in [5.74, 6) is -0.352. The molecule has 0 aromatic heterocycles. The van der Waals surface area contributed by atoms with Gasteiger partial charge in [-0.2, -0.15) is 0 Å². The average molecular weight is 291 g/mol. The first-order valence-corrected chi connectivity index (χ1v) is 7.02. The number of hydrogen-bond acceptors (Lipinski definition) is 6. The van der Waals surface area contributed by atoms with Crippen molar-refractivity contribution in [2.75, 3.05) is 13.2 Å². The van der Waals surface area contributed by atoms with E-state index in [1.807, 2.05) is 0 Å². The summed E-state index contributed by atoms with van der Waals surface area (Å²) in [4.78, 5) is 11.2. The molecule has 0 unspecified atom stereocenters. The van der Waals surface area contributed by atoms with Gasteiger partial charge in [-0.05, 0) is 6.42 Å². The molecule has 118 valence electrons. The molecule has 1 amide bonds. The molecule has 4 N–H and O–H groups in total. The normalized spacial score (nSPS) is 34.0. The lowest BCUT2D eigenvalue weighted by atomic mass is 9.97. The second-order valence-electron chi connectivity index (χ2n) is 5.01. The van der Waals surface area contributed by atoms with Crippen molar-refractivity contribution in [1.82, 2.24) is 5.32 Å². The van der Waals surface area contributed by atoms with E-state index in [4.69, 9.17) is 14.6 Å². The number of unbranched alkanes of at least 4 members (excludes halogenated alkanes) is 2. The number of ether oxygens (including phenoxy) is 2. The predicted molar refractivity (Wildman–Crippen MR) is 70.8 cm³/mol. The molecule has 1 aliphatic heterocycles. The Bertz CT molecular complexity index is 301. The Hall–Kier alpha value is -0.730. The second-order valence-corrected chi connectivity index (χ2v) is 5.01. The van der Waals surface area contributed by atoms with Gasteiger partial charge < -0.3 is 30.1 Å². The lowest BCUT2D eigenvalue weighted by Gasteiger charge is -2.42. The van der Waals surface area contributed by atoms with Crippen LogP contribution in [0.2, 0.25) is 0 Å². The van der Waals surface area contributed by atoms with Crippen LogP contribution in [0.5, 0.6) is 0 Å². The molecule has 1 rings (SSSR count). The third-order valence-corrected chi connectivity index (χ3v) is 3.28. The molecule has 0 aromatic carbocycles. The van der Waals surface area contributed by atoms with E-state index in [1.165, 1.54) is 6.92 Å². The van der Waals surface area contributed by atoms with Crippen LogP contribution in [-0.4, -0.2) is 65.1 Å². The molecule has 0 saturated carbocycles. The molecule has 5 atom stereocenters. The molecule has 7 heteroatoms. The monoisotopic (exact) mass is 291 g/mol. The zero-order chi connectivity index (χ0) is 15.1. The maximum Gasteiger partial charge on any atom is 0.217 e. The molecule has 0 spiro atoms. The Kier molecular flexibility index (Phi) is 7.39. The molecule has 20 heavy (non-hydrogen) atoms. The molecule has 1 aliphatic rings. The molecule has 7 nitrogen and oxygen atoms in total. The molecule has 0 aromatic rings. The first-order valence-electron chi connectivity index (χ1n) is 7.02. The van der Waals surface area contributed by atoms with Crippen molar-refractivity contribution >= 4 is 5.91 Å². The highest BCUT2D eigenvalue weighted by Gasteiger charge is 2.45. The van der Waals surface area contributed by atoms with E-state index >= 15 is 0 Å². The van der Waals surface area contributed by atoms with E-state index in [-0.39, 0.29) is 5.91 Å². The minimum absolute atomic E-state index is 0.352. The van der Waals surface area contributed by atoms with Crippen molar-refractivity contribution < 1.29 is 29.6 Å². The van der Waals surface area contributed by atoms with Gasteiger partial charge in [-0.25, -0.2) is 0 Å². The minimum atomic E-state index is -1.27. The molecule has 0 radical (unpaired) electrons. The fraction of sp³-hybridized carbons (Fsp3) is 0.923. The van der Waals surface area contributed by atoms with E-state index in [0.717, 1.165) is 19.3 Å². The van der Waals surface area contributed by atoms with Gasteiger partial charge in [-0.3, -0.25) is 4.79 Å². The number of aliphatic hydroxyl groups is 3. The maximum absolute atomic E-state index is 11.2. The Morgan fingerprint density at radius 1 is 1.30 bits per heavy atom. The number of carbonyl (C=O) groups excluding carboxylic acids is 1. The van der Waals surface area contributed by atoms with E-state index in [1.54, 1.807) is 0 Å². The first-order chi connectivity index (χ1) is 9.51. The van der Waals surface area contributed by atoms with Gasteiger partial charge in [0.25, 0.3) is 0 Å². The average Bonchev–Trinajstić information content (AvgIpc) is 2.41. The van der Waals surface area contributed by atoms with E-state index in [2.05, 4.69) is 12.2 Å². The van der Waals surface area contributed by atoms with Crippen LogP contribution in [0.25, 0.3) is 0 Å². The van der Waals surface area contributed by atoms with Crippen molar-refractivity contribution in [1.29, 1.82) is 0 Å². The lowest BCUT2D eigenvalue weighted by molar-refractivity contribution is -0.270. The van der Waals surface area contributed by atoms with Crippen molar-refractivity contribution in [2.24, 2.45) is 0 Å². The summed E-state index contributed by atoms with van der Waals surface area (Å²) in [6.45, 7) is 3.37. The molecule has 1 saturated heterocycles. The van der Waals surface area contributed by atoms with Crippen molar-refractivity contribution in [3.63, 3.8) is 0 Å². The summed E-state index contributed by atoms with van der Waals surface area (Å²) >= 11 is 0. The smallest absolute Gasteiger partial charge is 0.217 e. The minimum Gasteiger partial charge on any atom is -0.394 e. The Balaban J connectivity index is 2.65. The number of hydrogen-bond donors (Lipinski definition) is 4. The van der Waals surface area contributed by atoms with Crippen LogP contribution < -0.4 is 5.32 Å². The molecule has 1 heterocycles. The third-order valence-electron chi connectivity index (χ3n) is 3.28. The van der Waals surface area contributed by atoms with E-state index in [0.29, 0.717) is 6.61 Å². The van der Waals surface area contributed by atoms with Gasteiger partial charge in [0.2, 0.25) is 5.91 Å². The summed E-state index contributed by atoms with van der Waals surface area (Å²) < 4.78 is 10.9. The van der Waals surface area contributed by atoms with Gasteiger partial charge in [0, 0.05) is 13.5 Å². The summed E-state index contributed by atoms with van der Waals surface area (Å²) in [6, 6.07) is -0.855. The van der Waals surface area contributed by atoms with Crippen molar-refractivity contribution in [3.8, 4) is 0 Å². The lowest BCUT2D eigenvalue weighted by Crippen LogP contribution is -2.64. The van der Waals surface area contributed by atoms with Crippen LogP contribution in [0.4, 0.5) is 0 Å². The van der Waals surface area contributed by atoms with E-state index in [9.17, 15) is 15.0 Å². The predicted octanol–water partition coefficient (Wildman–Crippen LogP) is -0.863. The van der Waals surface area contributed by atoms with Gasteiger partial charge in [0.05, 0.1) is 6.61 Å². The summed E-state index contributed by atoms with van der Waals surface area (Å²) in [6.07, 6.45) is -1.44. The highest BCUT2D eigenvalue weighted by Crippen LogP contribution is 2.22. The summed E-state index contributed by atoms with van der Waals surface area (Å²) in [5, 5.41) is 31.5. The topological polar surface area (TPSA) is 108 Å². The summed E-state index contributed by atoms with van der Waals surface area (Å²) in [5.41, 5.74) is 0. The van der Waals surface area contributed by atoms with Gasteiger partial charge in [0.1, 0.15) is 24.4 Å². The molecular formula is C13H25NO6. The van der Waals surface area contributed by atoms with Crippen molar-refractivity contribution in [3.05, 3.63) is 0 Å². The van der Waals surface area contributed by atoms with Gasteiger partial charge in [0.15, 0.2) is 6.29 Å². The standard InChI is InChI=1S/C13H25NO6/c1-3-4-5-6-19-13-10(14-8(2)16)12(18)11(17)9(7-15)20-13/h9-13,15,17-18H,3-7H2,1-2H3,(H,14,16)/t9-,10+,11+,12-,13-/m1/s1. The molecule has 0 aliphatic carbocycles. The highest BCUT2D eigenvalue weighted by atomic mass is 16.7. The largest absolute Gasteiger partial charge is 0.394 e. The third kappa shape index (κ3) is 4.68. The van der Waals surface area contributed by atoms with Crippen LogP contribution in [-0.2, 0) is 14.3 Å². The van der Waals surface area contributed by atoms with Crippen LogP contribution >= 0.6 is 0 Å². The number of amides is 1. The highest BCUT2D eigenvalue weighted by molar-refractivity contribution is 5.73. The Morgan fingerprint density at radius 2 is 2.00 bits per heavy atom. The SMILES string of the molecule is CCCCCO[C@@H]1O[C@H](CO)[C@H](O)[C@H](O)[C@@H]1NC(C)=O.